The third-order valence-corrected chi connectivity index (χ3v) is 2.99. The maximum atomic E-state index is 11.4. The minimum absolute atomic E-state index is 0.356. The molecule has 1 aromatic carbocycles. The summed E-state index contributed by atoms with van der Waals surface area (Å²) >= 11 is 0. The minimum atomic E-state index is -0.356. The Labute approximate surface area is 100 Å². The van der Waals surface area contributed by atoms with Crippen LogP contribution in [0.3, 0.4) is 0 Å². The van der Waals surface area contributed by atoms with Gasteiger partial charge in [0, 0.05) is 29.9 Å². The van der Waals surface area contributed by atoms with Crippen molar-refractivity contribution >= 4 is 17.4 Å². The van der Waals surface area contributed by atoms with Crippen LogP contribution in [0, 0.1) is 11.3 Å². The number of carbonyl (C=O) groups is 1. The summed E-state index contributed by atoms with van der Waals surface area (Å²) in [5.74, 6) is 0.0390. The van der Waals surface area contributed by atoms with E-state index in [4.69, 9.17) is 5.41 Å². The first-order valence-corrected chi connectivity index (χ1v) is 5.66. The monoisotopic (exact) mass is 232 g/mol. The second kappa shape index (κ2) is 4.57. The number of ether oxygens (including phenoxy) is 1. The van der Waals surface area contributed by atoms with E-state index < -0.39 is 0 Å². The molecule has 0 saturated heterocycles. The Balaban J connectivity index is 2.34. The number of anilines is 1. The quantitative estimate of drug-likeness (QED) is 0.618. The maximum absolute atomic E-state index is 11.4. The van der Waals surface area contributed by atoms with Gasteiger partial charge in [0.05, 0.1) is 12.7 Å². The summed E-state index contributed by atoms with van der Waals surface area (Å²) in [6.45, 7) is 0. The molecule has 1 aliphatic carbocycles. The zero-order valence-corrected chi connectivity index (χ0v) is 10.0. The van der Waals surface area contributed by atoms with E-state index in [1.807, 2.05) is 6.07 Å². The smallest absolute Gasteiger partial charge is 0.337 e. The SMILES string of the molecule is CNc1cc(C(=O)OC)ccc1C(=N)C1CC1. The van der Waals surface area contributed by atoms with Gasteiger partial charge in [-0.1, -0.05) is 6.07 Å². The van der Waals surface area contributed by atoms with Crippen LogP contribution in [0.25, 0.3) is 0 Å². The first-order valence-electron chi connectivity index (χ1n) is 5.66. The Bertz CT molecular complexity index is 464. The molecule has 4 nitrogen and oxygen atoms in total. The fourth-order valence-electron chi connectivity index (χ4n) is 1.82. The standard InChI is InChI=1S/C13H16N2O2/c1-15-11-7-9(13(16)17-2)5-6-10(11)12(14)8-3-4-8/h5-8,14-15H,3-4H2,1-2H3. The molecule has 0 amide bonds. The van der Waals surface area contributed by atoms with Crippen molar-refractivity contribution in [3.05, 3.63) is 29.3 Å². The van der Waals surface area contributed by atoms with E-state index in [-0.39, 0.29) is 5.97 Å². The van der Waals surface area contributed by atoms with Crippen LogP contribution in [0.1, 0.15) is 28.8 Å². The average molecular weight is 232 g/mol. The highest BCUT2D eigenvalue weighted by atomic mass is 16.5. The Hall–Kier alpha value is -1.84. The number of methoxy groups -OCH3 is 1. The molecule has 0 radical (unpaired) electrons. The molecule has 2 rings (SSSR count). The van der Waals surface area contributed by atoms with Crippen LogP contribution in [-0.4, -0.2) is 25.8 Å². The number of hydrogen-bond donors (Lipinski definition) is 2. The van der Waals surface area contributed by atoms with E-state index in [0.717, 1.165) is 24.1 Å². The number of carbonyl (C=O) groups excluding carboxylic acids is 1. The van der Waals surface area contributed by atoms with Gasteiger partial charge in [-0.05, 0) is 25.0 Å². The first-order chi connectivity index (χ1) is 8.17. The van der Waals surface area contributed by atoms with Crippen molar-refractivity contribution in [2.75, 3.05) is 19.5 Å². The van der Waals surface area contributed by atoms with Gasteiger partial charge in [0.2, 0.25) is 0 Å². The highest BCUT2D eigenvalue weighted by Crippen LogP contribution is 2.34. The van der Waals surface area contributed by atoms with Crippen LogP contribution in [0.2, 0.25) is 0 Å². The molecule has 0 unspecified atom stereocenters. The second-order valence-electron chi connectivity index (χ2n) is 4.19. The summed E-state index contributed by atoms with van der Waals surface area (Å²) in [4.78, 5) is 11.4. The Morgan fingerprint density at radius 2 is 2.18 bits per heavy atom. The van der Waals surface area contributed by atoms with Crippen molar-refractivity contribution in [2.45, 2.75) is 12.8 Å². The lowest BCUT2D eigenvalue weighted by Crippen LogP contribution is -2.08. The molecule has 1 aliphatic rings. The third-order valence-electron chi connectivity index (χ3n) is 2.99. The molecule has 1 saturated carbocycles. The zero-order valence-electron chi connectivity index (χ0n) is 10.0. The zero-order chi connectivity index (χ0) is 12.4. The third kappa shape index (κ3) is 2.30. The number of esters is 1. The lowest BCUT2D eigenvalue weighted by Gasteiger charge is -2.11. The minimum Gasteiger partial charge on any atom is -0.465 e. The Morgan fingerprint density at radius 3 is 2.71 bits per heavy atom. The number of rotatable bonds is 4. The molecule has 2 N–H and O–H groups in total. The molecule has 0 aromatic heterocycles. The molecule has 0 aliphatic heterocycles. The van der Waals surface area contributed by atoms with Crippen LogP contribution in [0.4, 0.5) is 5.69 Å². The fourth-order valence-corrected chi connectivity index (χ4v) is 1.82. The van der Waals surface area contributed by atoms with Gasteiger partial charge in [-0.15, -0.1) is 0 Å². The molecule has 1 fully saturated rings. The Kier molecular flexibility index (Phi) is 3.13. The maximum Gasteiger partial charge on any atom is 0.337 e. The van der Waals surface area contributed by atoms with Gasteiger partial charge >= 0.3 is 5.97 Å². The first kappa shape index (κ1) is 11.6. The van der Waals surface area contributed by atoms with Gasteiger partial charge in [0.1, 0.15) is 0 Å². The van der Waals surface area contributed by atoms with Crippen molar-refractivity contribution in [1.82, 2.24) is 0 Å². The highest BCUT2D eigenvalue weighted by Gasteiger charge is 2.28. The summed E-state index contributed by atoms with van der Waals surface area (Å²) in [6.07, 6.45) is 2.20. The van der Waals surface area contributed by atoms with E-state index in [0.29, 0.717) is 17.2 Å². The summed E-state index contributed by atoms with van der Waals surface area (Å²) in [7, 11) is 3.15. The normalized spacial score (nSPS) is 14.2. The average Bonchev–Trinajstić information content (AvgIpc) is 3.20. The van der Waals surface area contributed by atoms with E-state index >= 15 is 0 Å². The molecular formula is C13H16N2O2. The lowest BCUT2D eigenvalue weighted by molar-refractivity contribution is 0.0601. The van der Waals surface area contributed by atoms with Crippen molar-refractivity contribution in [3.63, 3.8) is 0 Å². The number of nitrogens with one attached hydrogen (secondary N) is 2. The van der Waals surface area contributed by atoms with E-state index in [1.54, 1.807) is 19.2 Å². The van der Waals surface area contributed by atoms with E-state index in [9.17, 15) is 4.79 Å². The van der Waals surface area contributed by atoms with Crippen LogP contribution in [0.15, 0.2) is 18.2 Å². The topological polar surface area (TPSA) is 62.2 Å². The Morgan fingerprint density at radius 1 is 1.47 bits per heavy atom. The van der Waals surface area contributed by atoms with Crippen molar-refractivity contribution < 1.29 is 9.53 Å². The van der Waals surface area contributed by atoms with E-state index in [1.165, 1.54) is 7.11 Å². The fraction of sp³-hybridized carbons (Fsp3) is 0.385. The summed E-state index contributed by atoms with van der Waals surface area (Å²) in [5, 5.41) is 11.1. The molecule has 1 aromatic rings. The lowest BCUT2D eigenvalue weighted by atomic mass is 10.0. The van der Waals surface area contributed by atoms with Crippen LogP contribution in [0.5, 0.6) is 0 Å². The number of benzene rings is 1. The van der Waals surface area contributed by atoms with Crippen molar-refractivity contribution in [3.8, 4) is 0 Å². The van der Waals surface area contributed by atoms with Gasteiger partial charge in [-0.2, -0.15) is 0 Å². The predicted molar refractivity (Wildman–Crippen MR) is 66.9 cm³/mol. The van der Waals surface area contributed by atoms with Gasteiger partial charge < -0.3 is 15.5 Å². The molecule has 90 valence electrons. The molecular weight excluding hydrogens is 216 g/mol. The van der Waals surface area contributed by atoms with Gasteiger partial charge in [0.25, 0.3) is 0 Å². The molecule has 0 atom stereocenters. The van der Waals surface area contributed by atoms with Crippen LogP contribution in [-0.2, 0) is 4.74 Å². The highest BCUT2D eigenvalue weighted by molar-refractivity contribution is 6.06. The molecule has 0 spiro atoms. The van der Waals surface area contributed by atoms with E-state index in [2.05, 4.69) is 10.1 Å². The molecule has 17 heavy (non-hydrogen) atoms. The summed E-state index contributed by atoms with van der Waals surface area (Å²) in [5.41, 5.74) is 2.85. The number of hydrogen-bond acceptors (Lipinski definition) is 4. The largest absolute Gasteiger partial charge is 0.465 e. The molecule has 0 heterocycles. The molecule has 0 bridgehead atoms. The van der Waals surface area contributed by atoms with Crippen LogP contribution < -0.4 is 5.32 Å². The van der Waals surface area contributed by atoms with Gasteiger partial charge in [-0.3, -0.25) is 0 Å². The van der Waals surface area contributed by atoms with Gasteiger partial charge in [-0.25, -0.2) is 4.79 Å². The summed E-state index contributed by atoms with van der Waals surface area (Å²) < 4.78 is 4.68. The van der Waals surface area contributed by atoms with Crippen LogP contribution >= 0.6 is 0 Å². The summed E-state index contributed by atoms with van der Waals surface area (Å²) in [6, 6.07) is 5.26. The van der Waals surface area contributed by atoms with Crippen molar-refractivity contribution in [2.24, 2.45) is 5.92 Å². The van der Waals surface area contributed by atoms with Crippen molar-refractivity contribution in [1.29, 1.82) is 5.41 Å². The second-order valence-corrected chi connectivity index (χ2v) is 4.19. The van der Waals surface area contributed by atoms with Gasteiger partial charge in [0.15, 0.2) is 0 Å². The predicted octanol–water partition coefficient (Wildman–Crippen LogP) is 2.29. The molecule has 4 heteroatoms.